The molecule has 0 fully saturated rings. The van der Waals surface area contributed by atoms with E-state index in [0.29, 0.717) is 30.2 Å². The Hall–Kier alpha value is -2.53. The van der Waals surface area contributed by atoms with E-state index in [4.69, 9.17) is 16.3 Å². The Morgan fingerprint density at radius 3 is 2.71 bits per heavy atom. The molecule has 6 heteroatoms. The molecule has 0 saturated heterocycles. The minimum absolute atomic E-state index is 0.0495. The Morgan fingerprint density at radius 1 is 1.17 bits per heavy atom. The van der Waals surface area contributed by atoms with Gasteiger partial charge in [-0.3, -0.25) is 9.59 Å². The van der Waals surface area contributed by atoms with Gasteiger partial charge in [0.25, 0.3) is 0 Å². The number of fused-ring (bicyclic) bond motifs is 1. The molecule has 0 unspecified atom stereocenters. The number of nitrogens with zero attached hydrogens (tertiary/aromatic N) is 1. The molecule has 5 nitrogen and oxygen atoms in total. The second-order valence-electron chi connectivity index (χ2n) is 5.45. The molecule has 0 aromatic heterocycles. The average Bonchev–Trinajstić information content (AvgIpc) is 2.59. The van der Waals surface area contributed by atoms with Crippen molar-refractivity contribution in [2.75, 3.05) is 23.4 Å². The summed E-state index contributed by atoms with van der Waals surface area (Å²) in [5, 5.41) is 3.42. The fourth-order valence-electron chi connectivity index (χ4n) is 2.53. The van der Waals surface area contributed by atoms with Crippen LogP contribution in [0.4, 0.5) is 11.4 Å². The van der Waals surface area contributed by atoms with Gasteiger partial charge in [-0.1, -0.05) is 23.7 Å². The molecular formula is C18H17ClN2O3. The van der Waals surface area contributed by atoms with Crippen LogP contribution in [0.3, 0.4) is 0 Å². The summed E-state index contributed by atoms with van der Waals surface area (Å²) in [6.45, 7) is 0.475. The molecular weight excluding hydrogens is 328 g/mol. The van der Waals surface area contributed by atoms with Crippen LogP contribution in [-0.2, 0) is 9.59 Å². The molecule has 0 atom stereocenters. The third kappa shape index (κ3) is 3.86. The number of hydrogen-bond donors (Lipinski definition) is 1. The van der Waals surface area contributed by atoms with Gasteiger partial charge in [0.05, 0.1) is 18.0 Å². The monoisotopic (exact) mass is 344 g/mol. The third-order valence-electron chi connectivity index (χ3n) is 3.69. The normalized spacial score (nSPS) is 13.2. The van der Waals surface area contributed by atoms with Crippen LogP contribution in [0.5, 0.6) is 5.75 Å². The van der Waals surface area contributed by atoms with Crippen molar-refractivity contribution in [3.8, 4) is 5.75 Å². The fourth-order valence-corrected chi connectivity index (χ4v) is 2.66. The summed E-state index contributed by atoms with van der Waals surface area (Å²) < 4.78 is 5.58. The number of carbonyl (C=O) groups is 2. The Labute approximate surface area is 145 Å². The zero-order chi connectivity index (χ0) is 16.9. The van der Waals surface area contributed by atoms with Crippen LogP contribution >= 0.6 is 11.6 Å². The van der Waals surface area contributed by atoms with Gasteiger partial charge in [-0.25, -0.2) is 0 Å². The number of ether oxygens (including phenoxy) is 1. The molecule has 1 aliphatic heterocycles. The summed E-state index contributed by atoms with van der Waals surface area (Å²) in [6, 6.07) is 14.4. The van der Waals surface area contributed by atoms with Crippen molar-refractivity contribution in [1.29, 1.82) is 0 Å². The van der Waals surface area contributed by atoms with Crippen molar-refractivity contribution in [1.82, 2.24) is 0 Å². The van der Waals surface area contributed by atoms with Crippen molar-refractivity contribution < 1.29 is 14.3 Å². The second-order valence-corrected chi connectivity index (χ2v) is 5.89. The first-order chi connectivity index (χ1) is 11.6. The van der Waals surface area contributed by atoms with Gasteiger partial charge in [0.15, 0.2) is 0 Å². The number of halogens is 1. The molecule has 0 aliphatic carbocycles. The lowest BCUT2D eigenvalue weighted by atomic mass is 10.1. The SMILES string of the molecule is O=C1CN(C(=O)CCCOc2ccc(Cl)cc2)c2ccccc2N1. The van der Waals surface area contributed by atoms with E-state index in [0.717, 1.165) is 11.4 Å². The van der Waals surface area contributed by atoms with Crippen LogP contribution in [0, 0.1) is 0 Å². The quantitative estimate of drug-likeness (QED) is 0.845. The molecule has 0 radical (unpaired) electrons. The maximum Gasteiger partial charge on any atom is 0.244 e. The van der Waals surface area contributed by atoms with E-state index >= 15 is 0 Å². The van der Waals surface area contributed by atoms with E-state index in [1.807, 2.05) is 18.2 Å². The van der Waals surface area contributed by atoms with Crippen molar-refractivity contribution in [2.45, 2.75) is 12.8 Å². The van der Waals surface area contributed by atoms with Gasteiger partial charge in [-0.05, 0) is 42.8 Å². The second kappa shape index (κ2) is 7.36. The largest absolute Gasteiger partial charge is 0.494 e. The molecule has 2 aromatic carbocycles. The van der Waals surface area contributed by atoms with E-state index in [2.05, 4.69) is 5.32 Å². The predicted octanol–water partition coefficient (Wildman–Crippen LogP) is 3.48. The standard InChI is InChI=1S/C18H17ClN2O3/c19-13-7-9-14(10-8-13)24-11-3-6-18(23)21-12-17(22)20-15-4-1-2-5-16(15)21/h1-2,4-5,7-10H,3,6,11-12H2,(H,20,22). The minimum atomic E-state index is -0.181. The predicted molar refractivity (Wildman–Crippen MR) is 93.6 cm³/mol. The molecule has 2 amide bonds. The van der Waals surface area contributed by atoms with Crippen molar-refractivity contribution in [3.63, 3.8) is 0 Å². The van der Waals surface area contributed by atoms with E-state index in [1.54, 1.807) is 30.3 Å². The van der Waals surface area contributed by atoms with E-state index < -0.39 is 0 Å². The third-order valence-corrected chi connectivity index (χ3v) is 3.94. The lowest BCUT2D eigenvalue weighted by Gasteiger charge is -2.29. The lowest BCUT2D eigenvalue weighted by Crippen LogP contribution is -2.42. The maximum absolute atomic E-state index is 12.4. The van der Waals surface area contributed by atoms with Gasteiger partial charge in [-0.15, -0.1) is 0 Å². The van der Waals surface area contributed by atoms with E-state index in [1.165, 1.54) is 4.90 Å². The van der Waals surface area contributed by atoms with E-state index in [-0.39, 0.29) is 18.4 Å². The van der Waals surface area contributed by atoms with Crippen LogP contribution < -0.4 is 15.0 Å². The van der Waals surface area contributed by atoms with Crippen LogP contribution in [0.25, 0.3) is 0 Å². The lowest BCUT2D eigenvalue weighted by molar-refractivity contribution is -0.122. The smallest absolute Gasteiger partial charge is 0.244 e. The van der Waals surface area contributed by atoms with E-state index in [9.17, 15) is 9.59 Å². The Bertz CT molecular complexity index is 746. The minimum Gasteiger partial charge on any atom is -0.494 e. The summed E-state index contributed by atoms with van der Waals surface area (Å²) in [7, 11) is 0. The number of benzene rings is 2. The average molecular weight is 345 g/mol. The topological polar surface area (TPSA) is 58.6 Å². The summed E-state index contributed by atoms with van der Waals surface area (Å²) >= 11 is 5.82. The van der Waals surface area contributed by atoms with Gasteiger partial charge in [0.1, 0.15) is 12.3 Å². The molecule has 24 heavy (non-hydrogen) atoms. The molecule has 0 saturated carbocycles. The first kappa shape index (κ1) is 16.3. The van der Waals surface area contributed by atoms with Gasteiger partial charge in [0, 0.05) is 11.4 Å². The molecule has 1 heterocycles. The molecule has 0 spiro atoms. The highest BCUT2D eigenvalue weighted by molar-refractivity contribution is 6.30. The molecule has 1 aliphatic rings. The molecule has 0 bridgehead atoms. The number of rotatable bonds is 5. The first-order valence-electron chi connectivity index (χ1n) is 7.71. The summed E-state index contributed by atoms with van der Waals surface area (Å²) in [5.41, 5.74) is 1.40. The summed E-state index contributed by atoms with van der Waals surface area (Å²) in [4.78, 5) is 25.7. The molecule has 124 valence electrons. The number of nitrogens with one attached hydrogen (secondary N) is 1. The number of hydrogen-bond acceptors (Lipinski definition) is 3. The summed E-state index contributed by atoms with van der Waals surface area (Å²) in [5.74, 6) is 0.450. The highest BCUT2D eigenvalue weighted by atomic mass is 35.5. The number of amides is 2. The fraction of sp³-hybridized carbons (Fsp3) is 0.222. The number of para-hydroxylation sites is 2. The molecule has 2 aromatic rings. The summed E-state index contributed by atoms with van der Waals surface area (Å²) in [6.07, 6.45) is 0.886. The van der Waals surface area contributed by atoms with Gasteiger partial charge in [0.2, 0.25) is 11.8 Å². The van der Waals surface area contributed by atoms with Gasteiger partial charge in [-0.2, -0.15) is 0 Å². The Morgan fingerprint density at radius 2 is 1.92 bits per heavy atom. The van der Waals surface area contributed by atoms with Crippen molar-refractivity contribution in [3.05, 3.63) is 53.6 Å². The first-order valence-corrected chi connectivity index (χ1v) is 8.09. The van der Waals surface area contributed by atoms with Crippen molar-refractivity contribution in [2.24, 2.45) is 0 Å². The Kier molecular flexibility index (Phi) is 5.01. The van der Waals surface area contributed by atoms with Crippen LogP contribution in [0.1, 0.15) is 12.8 Å². The Balaban J connectivity index is 1.54. The zero-order valence-corrected chi connectivity index (χ0v) is 13.8. The maximum atomic E-state index is 12.4. The van der Waals surface area contributed by atoms with Crippen LogP contribution in [0.15, 0.2) is 48.5 Å². The number of anilines is 2. The van der Waals surface area contributed by atoms with Gasteiger partial charge >= 0.3 is 0 Å². The number of carbonyl (C=O) groups excluding carboxylic acids is 2. The highest BCUT2D eigenvalue weighted by Crippen LogP contribution is 2.29. The molecule has 1 N–H and O–H groups in total. The van der Waals surface area contributed by atoms with Crippen LogP contribution in [0.2, 0.25) is 5.02 Å². The molecule has 3 rings (SSSR count). The van der Waals surface area contributed by atoms with Crippen molar-refractivity contribution >= 4 is 34.8 Å². The highest BCUT2D eigenvalue weighted by Gasteiger charge is 2.25. The zero-order valence-electron chi connectivity index (χ0n) is 13.0. The van der Waals surface area contributed by atoms with Crippen LogP contribution in [-0.4, -0.2) is 25.0 Å². The van der Waals surface area contributed by atoms with Gasteiger partial charge < -0.3 is 15.0 Å².